The molecule has 4 bridgehead atoms. The smallest absolute Gasteiger partial charge is 0.310 e. The van der Waals surface area contributed by atoms with Gasteiger partial charge in [0, 0.05) is 0 Å². The monoisotopic (exact) mass is 248 g/mol. The second-order valence-corrected chi connectivity index (χ2v) is 6.98. The zero-order valence-corrected chi connectivity index (χ0v) is 11.4. The van der Waals surface area contributed by atoms with Crippen molar-refractivity contribution in [2.24, 2.45) is 35.5 Å². The number of carboxylic acids is 1. The summed E-state index contributed by atoms with van der Waals surface area (Å²) in [5.74, 6) is 3.38. The van der Waals surface area contributed by atoms with Gasteiger partial charge in [-0.25, -0.2) is 0 Å². The van der Waals surface area contributed by atoms with Gasteiger partial charge in [-0.1, -0.05) is 11.6 Å². The summed E-state index contributed by atoms with van der Waals surface area (Å²) in [6.45, 7) is 3.81. The number of carboxylic acid groups (broad SMARTS) is 1. The molecule has 0 aliphatic heterocycles. The van der Waals surface area contributed by atoms with Crippen molar-refractivity contribution >= 4 is 5.97 Å². The third-order valence-corrected chi connectivity index (χ3v) is 5.81. The Hall–Kier alpha value is -0.790. The van der Waals surface area contributed by atoms with Gasteiger partial charge in [-0.2, -0.15) is 0 Å². The fourth-order valence-corrected chi connectivity index (χ4v) is 4.88. The first-order valence-corrected chi connectivity index (χ1v) is 7.45. The average molecular weight is 248 g/mol. The molecule has 4 aliphatic rings. The van der Waals surface area contributed by atoms with Gasteiger partial charge in [0.2, 0.25) is 0 Å². The van der Waals surface area contributed by atoms with Crippen molar-refractivity contribution in [3.05, 3.63) is 11.6 Å². The van der Waals surface area contributed by atoms with E-state index in [1.807, 2.05) is 13.8 Å². The number of aliphatic carboxylic acids is 1. The minimum absolute atomic E-state index is 0.317. The molecule has 4 rings (SSSR count). The lowest BCUT2D eigenvalue weighted by Crippen LogP contribution is -2.44. The van der Waals surface area contributed by atoms with Crippen LogP contribution < -0.4 is 0 Å². The maximum Gasteiger partial charge on any atom is 0.310 e. The molecule has 2 nitrogen and oxygen atoms in total. The summed E-state index contributed by atoms with van der Waals surface area (Å²) in [6, 6.07) is 0. The Morgan fingerprint density at radius 1 is 1.11 bits per heavy atom. The number of hydrogen-bond donors (Lipinski definition) is 1. The van der Waals surface area contributed by atoms with Gasteiger partial charge in [0.15, 0.2) is 0 Å². The van der Waals surface area contributed by atoms with Crippen molar-refractivity contribution in [1.82, 2.24) is 0 Å². The summed E-state index contributed by atoms with van der Waals surface area (Å²) in [5, 5.41) is 9.09. The molecule has 100 valence electrons. The molecular weight excluding hydrogens is 224 g/mol. The molecule has 0 radical (unpaired) electrons. The van der Waals surface area contributed by atoms with E-state index >= 15 is 0 Å². The van der Waals surface area contributed by atoms with Crippen molar-refractivity contribution in [2.45, 2.75) is 46.0 Å². The summed E-state index contributed by atoms with van der Waals surface area (Å²) >= 11 is 0. The van der Waals surface area contributed by atoms with E-state index in [-0.39, 0.29) is 5.92 Å². The van der Waals surface area contributed by atoms with Gasteiger partial charge < -0.3 is 5.11 Å². The van der Waals surface area contributed by atoms with Crippen LogP contribution in [0.25, 0.3) is 0 Å². The van der Waals surface area contributed by atoms with Crippen LogP contribution in [0.5, 0.6) is 0 Å². The van der Waals surface area contributed by atoms with Crippen molar-refractivity contribution in [1.29, 1.82) is 0 Å². The minimum Gasteiger partial charge on any atom is -0.481 e. The summed E-state index contributed by atoms with van der Waals surface area (Å²) in [6.07, 6.45) is 9.43. The van der Waals surface area contributed by atoms with Crippen molar-refractivity contribution in [2.75, 3.05) is 0 Å². The Bertz CT molecular complexity index is 355. The topological polar surface area (TPSA) is 37.3 Å². The van der Waals surface area contributed by atoms with Gasteiger partial charge in [0.1, 0.15) is 0 Å². The van der Waals surface area contributed by atoms with Crippen molar-refractivity contribution < 1.29 is 9.90 Å². The first kappa shape index (κ1) is 12.3. The Labute approximate surface area is 109 Å². The number of allylic oxidation sites excluding steroid dienone is 1. The highest BCUT2D eigenvalue weighted by atomic mass is 16.4. The van der Waals surface area contributed by atoms with Gasteiger partial charge in [-0.05, 0) is 75.5 Å². The predicted octanol–water partition coefficient (Wildman–Crippen LogP) is 3.73. The third-order valence-electron chi connectivity index (χ3n) is 5.81. The number of hydrogen-bond acceptors (Lipinski definition) is 1. The zero-order chi connectivity index (χ0) is 12.9. The van der Waals surface area contributed by atoms with Crippen LogP contribution >= 0.6 is 0 Å². The lowest BCUT2D eigenvalue weighted by Gasteiger charge is -2.54. The van der Waals surface area contributed by atoms with Gasteiger partial charge in [-0.15, -0.1) is 0 Å². The lowest BCUT2D eigenvalue weighted by molar-refractivity contribution is -0.139. The Balaban J connectivity index is 1.77. The lowest BCUT2D eigenvalue weighted by atomic mass is 9.51. The quantitative estimate of drug-likeness (QED) is 0.773. The molecule has 0 spiro atoms. The molecule has 1 unspecified atom stereocenters. The molecule has 1 atom stereocenters. The highest BCUT2D eigenvalue weighted by Crippen LogP contribution is 2.57. The molecule has 0 aromatic carbocycles. The molecule has 0 amide bonds. The van der Waals surface area contributed by atoms with Crippen LogP contribution in [0.15, 0.2) is 11.6 Å². The van der Waals surface area contributed by atoms with E-state index in [0.717, 1.165) is 29.2 Å². The molecule has 1 N–H and O–H groups in total. The highest BCUT2D eigenvalue weighted by molar-refractivity contribution is 5.72. The van der Waals surface area contributed by atoms with Gasteiger partial charge >= 0.3 is 5.97 Å². The van der Waals surface area contributed by atoms with E-state index in [4.69, 9.17) is 5.11 Å². The summed E-state index contributed by atoms with van der Waals surface area (Å²) in [7, 11) is 0. The van der Waals surface area contributed by atoms with Crippen LogP contribution in [-0.4, -0.2) is 11.1 Å². The molecule has 0 heterocycles. The molecular formula is C16H24O2. The molecule has 0 saturated heterocycles. The van der Waals surface area contributed by atoms with Gasteiger partial charge in [0.25, 0.3) is 0 Å². The second kappa shape index (κ2) is 4.40. The highest BCUT2D eigenvalue weighted by Gasteiger charge is 2.47. The fraction of sp³-hybridized carbons (Fsp3) is 0.812. The molecule has 0 aromatic rings. The Morgan fingerprint density at radius 3 is 2.06 bits per heavy atom. The SMILES string of the molecule is C/C(=C\C1C2CC3CC(C2)CC1C3)C(C)C(=O)O. The Kier molecular flexibility index (Phi) is 2.99. The largest absolute Gasteiger partial charge is 0.481 e. The van der Waals surface area contributed by atoms with E-state index in [2.05, 4.69) is 6.08 Å². The van der Waals surface area contributed by atoms with Crippen LogP contribution in [-0.2, 0) is 4.79 Å². The first-order valence-electron chi connectivity index (χ1n) is 7.45. The van der Waals surface area contributed by atoms with E-state index in [0.29, 0.717) is 5.92 Å². The maximum atomic E-state index is 11.0. The second-order valence-electron chi connectivity index (χ2n) is 6.98. The van der Waals surface area contributed by atoms with E-state index in [1.54, 1.807) is 0 Å². The van der Waals surface area contributed by atoms with Crippen molar-refractivity contribution in [3.8, 4) is 0 Å². The average Bonchev–Trinajstić information content (AvgIpc) is 2.31. The zero-order valence-electron chi connectivity index (χ0n) is 11.4. The number of carbonyl (C=O) groups is 1. The Morgan fingerprint density at radius 2 is 1.61 bits per heavy atom. The van der Waals surface area contributed by atoms with Crippen LogP contribution in [0.4, 0.5) is 0 Å². The maximum absolute atomic E-state index is 11.0. The molecule has 18 heavy (non-hydrogen) atoms. The normalized spacial score (nSPS) is 44.1. The van der Waals surface area contributed by atoms with Crippen LogP contribution in [0.1, 0.15) is 46.0 Å². The summed E-state index contributed by atoms with van der Waals surface area (Å²) in [5.41, 5.74) is 1.07. The van der Waals surface area contributed by atoms with Gasteiger partial charge in [0.05, 0.1) is 5.92 Å². The molecule has 4 fully saturated rings. The predicted molar refractivity (Wildman–Crippen MR) is 71.1 cm³/mol. The minimum atomic E-state index is -0.687. The molecule has 4 aliphatic carbocycles. The molecule has 4 saturated carbocycles. The standard InChI is InChI=1S/C16H24O2/c1-9(10(2)16(17)18)3-15-13-5-11-4-12(7-13)8-14(15)6-11/h3,10-15H,4-8H2,1-2H3,(H,17,18)/b9-3+. The summed E-state index contributed by atoms with van der Waals surface area (Å²) < 4.78 is 0. The van der Waals surface area contributed by atoms with Crippen LogP contribution in [0.3, 0.4) is 0 Å². The summed E-state index contributed by atoms with van der Waals surface area (Å²) in [4.78, 5) is 11.0. The van der Waals surface area contributed by atoms with Crippen LogP contribution in [0, 0.1) is 35.5 Å². The van der Waals surface area contributed by atoms with E-state index < -0.39 is 5.97 Å². The van der Waals surface area contributed by atoms with Crippen LogP contribution in [0.2, 0.25) is 0 Å². The van der Waals surface area contributed by atoms with Gasteiger partial charge in [-0.3, -0.25) is 4.79 Å². The van der Waals surface area contributed by atoms with E-state index in [1.165, 1.54) is 32.1 Å². The first-order chi connectivity index (χ1) is 8.54. The fourth-order valence-electron chi connectivity index (χ4n) is 4.88. The molecule has 0 aromatic heterocycles. The molecule has 2 heteroatoms. The third kappa shape index (κ3) is 2.00. The number of rotatable bonds is 3. The van der Waals surface area contributed by atoms with Crippen molar-refractivity contribution in [3.63, 3.8) is 0 Å². The van der Waals surface area contributed by atoms with E-state index in [9.17, 15) is 4.79 Å².